The van der Waals surface area contributed by atoms with Crippen molar-refractivity contribution < 1.29 is 4.84 Å². The molecule has 0 aliphatic rings. The van der Waals surface area contributed by atoms with Crippen molar-refractivity contribution in [2.45, 2.75) is 6.92 Å². The number of hydrogen-bond acceptors (Lipinski definition) is 4. The lowest BCUT2D eigenvalue weighted by molar-refractivity contribution is 0.0830. The van der Waals surface area contributed by atoms with Gasteiger partial charge in [-0.15, -0.1) is 4.85 Å². The second-order valence-electron chi connectivity index (χ2n) is 2.26. The van der Waals surface area contributed by atoms with E-state index >= 15 is 0 Å². The van der Waals surface area contributed by atoms with Crippen LogP contribution in [0.25, 0.3) is 5.65 Å². The second kappa shape index (κ2) is 2.40. The number of hydrogen-bond donors (Lipinski definition) is 1. The van der Waals surface area contributed by atoms with Crippen molar-refractivity contribution in [2.24, 2.45) is 0 Å². The number of nitrogens with zero attached hydrogens (tertiary/aromatic N) is 4. The molecule has 12 heavy (non-hydrogen) atoms. The van der Waals surface area contributed by atoms with Crippen LogP contribution >= 0.6 is 0 Å². The fraction of sp³-hybridized carbons (Fsp3) is 0.333. The van der Waals surface area contributed by atoms with Crippen molar-refractivity contribution >= 4 is 11.5 Å². The molecule has 2 rings (SSSR count). The molecule has 0 aliphatic heterocycles. The van der Waals surface area contributed by atoms with E-state index in [-0.39, 0.29) is 0 Å². The summed E-state index contributed by atoms with van der Waals surface area (Å²) in [7, 11) is 0. The first-order valence-corrected chi connectivity index (χ1v) is 3.62. The van der Waals surface area contributed by atoms with E-state index in [1.54, 1.807) is 17.2 Å². The molecule has 0 saturated heterocycles. The lowest BCUT2D eigenvalue weighted by atomic mass is 10.7. The maximum atomic E-state index is 5.52. The molecule has 6 nitrogen and oxygen atoms in total. The maximum Gasteiger partial charge on any atom is 0.200 e. The van der Waals surface area contributed by atoms with Gasteiger partial charge in [-0.25, -0.2) is 9.97 Å². The highest BCUT2D eigenvalue weighted by molar-refractivity contribution is 5.58. The summed E-state index contributed by atoms with van der Waals surface area (Å²) in [6.07, 6.45) is 3.12. The van der Waals surface area contributed by atoms with Gasteiger partial charge in [-0.05, 0) is 6.92 Å². The molecule has 2 aromatic rings. The molecule has 6 heteroatoms. The van der Waals surface area contributed by atoms with Crippen LogP contribution in [0.5, 0.6) is 0 Å². The molecule has 0 unspecified atom stereocenters. The summed E-state index contributed by atoms with van der Waals surface area (Å²) < 4.78 is 1.64. The highest BCUT2D eigenvalue weighted by Gasteiger charge is 2.05. The van der Waals surface area contributed by atoms with E-state index in [1.165, 1.54) is 4.85 Å². The molecule has 2 N–H and O–H groups in total. The lowest BCUT2D eigenvalue weighted by Gasteiger charge is -2.01. The molecule has 0 aromatic carbocycles. The standard InChI is InChI=1S/C6H9N5O/c1-2-12-11-4-9-6-5(7)8-3-10(6)11/h3-4H,2,7H2,1H3. The van der Waals surface area contributed by atoms with Crippen molar-refractivity contribution in [3.05, 3.63) is 12.7 Å². The average Bonchev–Trinajstić information content (AvgIpc) is 2.58. The maximum absolute atomic E-state index is 5.52. The van der Waals surface area contributed by atoms with Gasteiger partial charge in [0.15, 0.2) is 12.1 Å². The van der Waals surface area contributed by atoms with Crippen molar-refractivity contribution in [2.75, 3.05) is 12.3 Å². The van der Waals surface area contributed by atoms with Crippen LogP contribution in [0.4, 0.5) is 5.82 Å². The van der Waals surface area contributed by atoms with Crippen LogP contribution in [0.2, 0.25) is 0 Å². The average molecular weight is 167 g/mol. The number of rotatable bonds is 2. The third-order valence-electron chi connectivity index (χ3n) is 1.50. The summed E-state index contributed by atoms with van der Waals surface area (Å²) in [5.74, 6) is 0.411. The summed E-state index contributed by atoms with van der Waals surface area (Å²) in [5, 5.41) is 0. The quantitative estimate of drug-likeness (QED) is 0.658. The van der Waals surface area contributed by atoms with Gasteiger partial charge in [0, 0.05) is 0 Å². The Labute approximate surface area is 68.5 Å². The van der Waals surface area contributed by atoms with Crippen LogP contribution in [-0.2, 0) is 0 Å². The van der Waals surface area contributed by atoms with Gasteiger partial charge in [0.1, 0.15) is 12.9 Å². The number of anilines is 1. The Kier molecular flexibility index (Phi) is 1.39. The first-order chi connectivity index (χ1) is 5.83. The highest BCUT2D eigenvalue weighted by atomic mass is 16.7. The van der Waals surface area contributed by atoms with Crippen molar-refractivity contribution in [3.63, 3.8) is 0 Å². The molecule has 2 heterocycles. The lowest BCUT2D eigenvalue weighted by Crippen LogP contribution is -2.14. The fourth-order valence-electron chi connectivity index (χ4n) is 1.00. The highest BCUT2D eigenvalue weighted by Crippen LogP contribution is 2.06. The third-order valence-corrected chi connectivity index (χ3v) is 1.50. The van der Waals surface area contributed by atoms with E-state index in [1.807, 2.05) is 6.92 Å². The van der Waals surface area contributed by atoms with Crippen molar-refractivity contribution in [1.82, 2.24) is 19.3 Å². The Morgan fingerprint density at radius 2 is 2.33 bits per heavy atom. The molecule has 0 fully saturated rings. The SMILES string of the molecule is CCOn1cnc2c(N)ncn21. The van der Waals surface area contributed by atoms with E-state index < -0.39 is 0 Å². The van der Waals surface area contributed by atoms with E-state index in [0.29, 0.717) is 18.1 Å². The number of nitrogen functional groups attached to an aromatic ring is 1. The summed E-state index contributed by atoms with van der Waals surface area (Å²) in [6.45, 7) is 2.47. The Morgan fingerprint density at radius 3 is 3.08 bits per heavy atom. The van der Waals surface area contributed by atoms with Crippen molar-refractivity contribution in [3.8, 4) is 0 Å². The minimum Gasteiger partial charge on any atom is -0.397 e. The molecule has 0 radical (unpaired) electrons. The van der Waals surface area contributed by atoms with E-state index in [9.17, 15) is 0 Å². The minimum atomic E-state index is 0.411. The van der Waals surface area contributed by atoms with Gasteiger partial charge in [-0.2, -0.15) is 4.52 Å². The molecule has 0 amide bonds. The Balaban J connectivity index is 2.55. The zero-order chi connectivity index (χ0) is 8.55. The first-order valence-electron chi connectivity index (χ1n) is 3.62. The van der Waals surface area contributed by atoms with Gasteiger partial charge in [-0.1, -0.05) is 0 Å². The molecule has 0 spiro atoms. The molecule has 0 aliphatic carbocycles. The molecular formula is C6H9N5O. The van der Waals surface area contributed by atoms with Gasteiger partial charge < -0.3 is 10.6 Å². The van der Waals surface area contributed by atoms with Crippen LogP contribution in [0, 0.1) is 0 Å². The molecule has 2 aromatic heterocycles. The molecule has 64 valence electrons. The monoisotopic (exact) mass is 167 g/mol. The predicted octanol–water partition coefficient (Wildman–Crippen LogP) is -0.439. The van der Waals surface area contributed by atoms with Crippen LogP contribution in [0.1, 0.15) is 6.92 Å². The summed E-state index contributed by atoms with van der Waals surface area (Å²) in [6, 6.07) is 0. The van der Waals surface area contributed by atoms with Crippen LogP contribution in [-0.4, -0.2) is 25.9 Å². The molecule has 0 atom stereocenters. The summed E-state index contributed by atoms with van der Waals surface area (Å²) in [5.41, 5.74) is 6.14. The van der Waals surface area contributed by atoms with Gasteiger partial charge >= 0.3 is 0 Å². The molecular weight excluding hydrogens is 158 g/mol. The van der Waals surface area contributed by atoms with Gasteiger partial charge in [0.25, 0.3) is 0 Å². The Hall–Kier alpha value is -1.72. The van der Waals surface area contributed by atoms with E-state index in [4.69, 9.17) is 10.6 Å². The number of aromatic nitrogens is 4. The second-order valence-corrected chi connectivity index (χ2v) is 2.26. The first kappa shape index (κ1) is 6.96. The number of imidazole rings is 1. The normalized spacial score (nSPS) is 10.8. The van der Waals surface area contributed by atoms with Gasteiger partial charge in [-0.3, -0.25) is 0 Å². The summed E-state index contributed by atoms with van der Waals surface area (Å²) in [4.78, 5) is 14.6. The Bertz CT molecular complexity index is 389. The smallest absolute Gasteiger partial charge is 0.200 e. The molecule has 0 saturated carbocycles. The largest absolute Gasteiger partial charge is 0.397 e. The zero-order valence-corrected chi connectivity index (χ0v) is 6.64. The van der Waals surface area contributed by atoms with Crippen molar-refractivity contribution in [1.29, 1.82) is 0 Å². The van der Waals surface area contributed by atoms with Gasteiger partial charge in [0.05, 0.1) is 0 Å². The van der Waals surface area contributed by atoms with Crippen LogP contribution in [0.15, 0.2) is 12.7 Å². The van der Waals surface area contributed by atoms with E-state index in [2.05, 4.69) is 9.97 Å². The van der Waals surface area contributed by atoms with E-state index in [0.717, 1.165) is 0 Å². The predicted molar refractivity (Wildman–Crippen MR) is 42.5 cm³/mol. The van der Waals surface area contributed by atoms with Gasteiger partial charge in [0.2, 0.25) is 5.65 Å². The fourth-order valence-corrected chi connectivity index (χ4v) is 1.00. The Morgan fingerprint density at radius 1 is 1.50 bits per heavy atom. The molecule has 0 bridgehead atoms. The minimum absolute atomic E-state index is 0.411. The van der Waals surface area contributed by atoms with Crippen LogP contribution in [0.3, 0.4) is 0 Å². The van der Waals surface area contributed by atoms with Crippen LogP contribution < -0.4 is 10.6 Å². The third kappa shape index (κ3) is 0.810. The zero-order valence-electron chi connectivity index (χ0n) is 6.64. The number of fused-ring (bicyclic) bond motifs is 1. The topological polar surface area (TPSA) is 70.4 Å². The summed E-state index contributed by atoms with van der Waals surface area (Å²) >= 11 is 0. The number of nitrogens with two attached hydrogens (primary N) is 1.